The number of nitrogens with one attached hydrogen (secondary N) is 1. The van der Waals surface area contributed by atoms with E-state index >= 15 is 0 Å². The highest BCUT2D eigenvalue weighted by Gasteiger charge is 2.19. The van der Waals surface area contributed by atoms with Crippen LogP contribution < -0.4 is 10.1 Å². The van der Waals surface area contributed by atoms with Crippen LogP contribution in [0.15, 0.2) is 30.7 Å². The minimum Gasteiger partial charge on any atom is -0.439 e. The van der Waals surface area contributed by atoms with Gasteiger partial charge in [0, 0.05) is 0 Å². The van der Waals surface area contributed by atoms with E-state index in [2.05, 4.69) is 31.8 Å². The first-order valence-corrected chi connectivity index (χ1v) is 4.45. The van der Waals surface area contributed by atoms with Crippen LogP contribution in [0, 0.1) is 0 Å². The fourth-order valence-electron chi connectivity index (χ4n) is 1.52. The van der Waals surface area contributed by atoms with Gasteiger partial charge in [-0.15, -0.1) is 0 Å². The zero-order valence-electron chi connectivity index (χ0n) is 7.92. The SMILES string of the molecule is C=C1Nc2cccc(C(C)C)c2O1. The second kappa shape index (κ2) is 2.80. The number of ether oxygens (including phenoxy) is 1. The average molecular weight is 175 g/mol. The molecule has 0 bridgehead atoms. The molecule has 0 amide bonds. The Labute approximate surface area is 78.2 Å². The first-order chi connectivity index (χ1) is 6.18. The normalized spacial score (nSPS) is 13.9. The predicted octanol–water partition coefficient (Wildman–Crippen LogP) is 3.09. The summed E-state index contributed by atoms with van der Waals surface area (Å²) in [5, 5.41) is 3.08. The molecule has 68 valence electrons. The number of fused-ring (bicyclic) bond motifs is 1. The summed E-state index contributed by atoms with van der Waals surface area (Å²) in [6, 6.07) is 6.12. The molecule has 1 aromatic carbocycles. The standard InChI is InChI=1S/C11H13NO/c1-7(2)9-5-4-6-10-11(9)13-8(3)12-10/h4-7,12H,3H2,1-2H3. The third-order valence-electron chi connectivity index (χ3n) is 2.17. The fourth-order valence-corrected chi connectivity index (χ4v) is 1.52. The van der Waals surface area contributed by atoms with Crippen LogP contribution >= 0.6 is 0 Å². The molecule has 1 aliphatic rings. The van der Waals surface area contributed by atoms with Crippen molar-refractivity contribution in [2.24, 2.45) is 0 Å². The zero-order chi connectivity index (χ0) is 9.42. The Kier molecular flexibility index (Phi) is 1.76. The summed E-state index contributed by atoms with van der Waals surface area (Å²) in [5.74, 6) is 2.02. The second-order valence-electron chi connectivity index (χ2n) is 3.53. The van der Waals surface area contributed by atoms with Crippen LogP contribution in [0.1, 0.15) is 25.3 Å². The van der Waals surface area contributed by atoms with Crippen LogP contribution in [0.4, 0.5) is 5.69 Å². The molecule has 1 N–H and O–H groups in total. The van der Waals surface area contributed by atoms with Gasteiger partial charge >= 0.3 is 0 Å². The molecule has 0 radical (unpaired) electrons. The molecule has 0 atom stereocenters. The Morgan fingerprint density at radius 2 is 2.15 bits per heavy atom. The first kappa shape index (κ1) is 8.17. The monoisotopic (exact) mass is 175 g/mol. The zero-order valence-corrected chi connectivity index (χ0v) is 7.92. The largest absolute Gasteiger partial charge is 0.439 e. The quantitative estimate of drug-likeness (QED) is 0.708. The van der Waals surface area contributed by atoms with E-state index in [1.165, 1.54) is 5.56 Å². The molecular weight excluding hydrogens is 162 g/mol. The van der Waals surface area contributed by atoms with Crippen molar-refractivity contribution in [1.29, 1.82) is 0 Å². The van der Waals surface area contributed by atoms with Crippen LogP contribution in [0.2, 0.25) is 0 Å². The highest BCUT2D eigenvalue weighted by Crippen LogP contribution is 2.39. The summed E-state index contributed by atoms with van der Waals surface area (Å²) < 4.78 is 5.49. The lowest BCUT2D eigenvalue weighted by molar-refractivity contribution is 0.452. The van der Waals surface area contributed by atoms with Crippen molar-refractivity contribution in [2.75, 3.05) is 5.32 Å². The van der Waals surface area contributed by atoms with Crippen molar-refractivity contribution in [3.05, 3.63) is 36.2 Å². The van der Waals surface area contributed by atoms with E-state index in [1.54, 1.807) is 0 Å². The number of para-hydroxylation sites is 1. The van der Waals surface area contributed by atoms with Crippen LogP contribution in [0.25, 0.3) is 0 Å². The predicted molar refractivity (Wildman–Crippen MR) is 53.9 cm³/mol. The second-order valence-corrected chi connectivity index (χ2v) is 3.53. The molecule has 0 fully saturated rings. The smallest absolute Gasteiger partial charge is 0.190 e. The van der Waals surface area contributed by atoms with Crippen molar-refractivity contribution in [3.63, 3.8) is 0 Å². The van der Waals surface area contributed by atoms with Crippen LogP contribution in [-0.4, -0.2) is 0 Å². The molecule has 0 unspecified atom stereocenters. The summed E-state index contributed by atoms with van der Waals surface area (Å²) in [6.45, 7) is 8.04. The maximum absolute atomic E-state index is 5.49. The highest BCUT2D eigenvalue weighted by molar-refractivity contribution is 5.67. The molecule has 0 aromatic heterocycles. The summed E-state index contributed by atoms with van der Waals surface area (Å²) in [5.41, 5.74) is 2.25. The summed E-state index contributed by atoms with van der Waals surface area (Å²) in [4.78, 5) is 0. The molecule has 1 heterocycles. The number of benzene rings is 1. The number of rotatable bonds is 1. The third kappa shape index (κ3) is 1.28. The minimum atomic E-state index is 0.475. The van der Waals surface area contributed by atoms with Crippen molar-refractivity contribution in [2.45, 2.75) is 19.8 Å². The van der Waals surface area contributed by atoms with Gasteiger partial charge < -0.3 is 10.1 Å². The van der Waals surface area contributed by atoms with Gasteiger partial charge in [0.15, 0.2) is 11.6 Å². The van der Waals surface area contributed by atoms with Gasteiger partial charge in [0.1, 0.15) is 0 Å². The number of anilines is 1. The Morgan fingerprint density at radius 1 is 1.38 bits per heavy atom. The fraction of sp³-hybridized carbons (Fsp3) is 0.273. The lowest BCUT2D eigenvalue weighted by Gasteiger charge is -2.08. The van der Waals surface area contributed by atoms with Crippen molar-refractivity contribution in [1.82, 2.24) is 0 Å². The first-order valence-electron chi connectivity index (χ1n) is 4.45. The average Bonchev–Trinajstić information content (AvgIpc) is 2.43. The molecule has 1 aliphatic heterocycles. The van der Waals surface area contributed by atoms with E-state index < -0.39 is 0 Å². The summed E-state index contributed by atoms with van der Waals surface area (Å²) >= 11 is 0. The minimum absolute atomic E-state index is 0.475. The van der Waals surface area contributed by atoms with E-state index in [0.29, 0.717) is 11.8 Å². The van der Waals surface area contributed by atoms with Crippen molar-refractivity contribution in [3.8, 4) is 5.75 Å². The molecule has 2 nitrogen and oxygen atoms in total. The topological polar surface area (TPSA) is 21.3 Å². The van der Waals surface area contributed by atoms with Gasteiger partial charge in [0.2, 0.25) is 0 Å². The van der Waals surface area contributed by atoms with E-state index in [0.717, 1.165) is 11.4 Å². The van der Waals surface area contributed by atoms with E-state index in [-0.39, 0.29) is 0 Å². The van der Waals surface area contributed by atoms with Gasteiger partial charge in [0.25, 0.3) is 0 Å². The van der Waals surface area contributed by atoms with E-state index in [4.69, 9.17) is 4.74 Å². The van der Waals surface area contributed by atoms with Crippen molar-refractivity contribution >= 4 is 5.69 Å². The number of hydrogen-bond acceptors (Lipinski definition) is 2. The lowest BCUT2D eigenvalue weighted by atomic mass is 10.0. The summed E-state index contributed by atoms with van der Waals surface area (Å²) in [7, 11) is 0. The molecule has 0 spiro atoms. The van der Waals surface area contributed by atoms with Gasteiger partial charge in [-0.1, -0.05) is 26.0 Å². The molecular formula is C11H13NO. The maximum atomic E-state index is 5.49. The van der Waals surface area contributed by atoms with Gasteiger partial charge in [-0.05, 0) is 24.1 Å². The molecule has 0 saturated heterocycles. The van der Waals surface area contributed by atoms with Gasteiger partial charge in [-0.25, -0.2) is 0 Å². The van der Waals surface area contributed by atoms with E-state index in [9.17, 15) is 0 Å². The van der Waals surface area contributed by atoms with Crippen LogP contribution in [0.5, 0.6) is 5.75 Å². The molecule has 0 saturated carbocycles. The van der Waals surface area contributed by atoms with Gasteiger partial charge in [0.05, 0.1) is 5.69 Å². The lowest BCUT2D eigenvalue weighted by Crippen LogP contribution is -1.93. The third-order valence-corrected chi connectivity index (χ3v) is 2.17. The van der Waals surface area contributed by atoms with Gasteiger partial charge in [-0.2, -0.15) is 0 Å². The Bertz CT molecular complexity index is 355. The Balaban J connectivity index is 2.51. The summed E-state index contributed by atoms with van der Waals surface area (Å²) in [6.07, 6.45) is 0. The highest BCUT2D eigenvalue weighted by atomic mass is 16.5. The number of hydrogen-bond donors (Lipinski definition) is 1. The van der Waals surface area contributed by atoms with E-state index in [1.807, 2.05) is 12.1 Å². The van der Waals surface area contributed by atoms with Crippen LogP contribution in [0.3, 0.4) is 0 Å². The molecule has 0 aliphatic carbocycles. The van der Waals surface area contributed by atoms with Gasteiger partial charge in [-0.3, -0.25) is 0 Å². The molecule has 1 aromatic rings. The Morgan fingerprint density at radius 3 is 2.85 bits per heavy atom. The maximum Gasteiger partial charge on any atom is 0.190 e. The molecule has 2 rings (SSSR count). The van der Waals surface area contributed by atoms with Crippen LogP contribution in [-0.2, 0) is 0 Å². The Hall–Kier alpha value is -1.44. The molecule has 2 heteroatoms. The molecule has 13 heavy (non-hydrogen) atoms. The van der Waals surface area contributed by atoms with Crippen molar-refractivity contribution < 1.29 is 4.74 Å².